The summed E-state index contributed by atoms with van der Waals surface area (Å²) in [5, 5.41) is 14.0. The number of carbonyl (C=O) groups excluding carboxylic acids is 2. The number of carboxylic acid groups (broad SMARTS) is 1. The Kier molecular flexibility index (Phi) is 7.55. The number of nitrogens with one attached hydrogen (secondary N) is 2. The van der Waals surface area contributed by atoms with E-state index in [0.717, 1.165) is 12.0 Å². The highest BCUT2D eigenvalue weighted by Gasteiger charge is 2.14. The quantitative estimate of drug-likeness (QED) is 0.632. The number of hydrogen-bond acceptors (Lipinski definition) is 3. The molecule has 2 amide bonds. The standard InChI is InChI=1S/C21H24N2O4/c1-2-15(16-6-4-3-5-7-16)14-19(24)23-18-10-8-17(9-11-18)21(27)22-13-12-20(25)26/h3-11,15H,2,12-14H2,1H3,(H,22,27)(H,23,24)(H,25,26). The molecule has 0 heterocycles. The van der Waals surface area contributed by atoms with E-state index < -0.39 is 5.97 Å². The predicted octanol–water partition coefficient (Wildman–Crippen LogP) is 3.41. The number of rotatable bonds is 9. The highest BCUT2D eigenvalue weighted by atomic mass is 16.4. The van der Waals surface area contributed by atoms with Crippen molar-refractivity contribution in [1.82, 2.24) is 5.32 Å². The van der Waals surface area contributed by atoms with E-state index in [0.29, 0.717) is 17.7 Å². The fraction of sp³-hybridized carbons (Fsp3) is 0.286. The van der Waals surface area contributed by atoms with Crippen LogP contribution < -0.4 is 10.6 Å². The lowest BCUT2D eigenvalue weighted by molar-refractivity contribution is -0.136. The van der Waals surface area contributed by atoms with Gasteiger partial charge >= 0.3 is 5.97 Å². The van der Waals surface area contributed by atoms with Crippen LogP contribution in [-0.2, 0) is 9.59 Å². The van der Waals surface area contributed by atoms with E-state index in [9.17, 15) is 14.4 Å². The zero-order valence-electron chi connectivity index (χ0n) is 15.3. The molecule has 3 N–H and O–H groups in total. The van der Waals surface area contributed by atoms with Gasteiger partial charge < -0.3 is 15.7 Å². The summed E-state index contributed by atoms with van der Waals surface area (Å²) < 4.78 is 0. The van der Waals surface area contributed by atoms with E-state index in [1.54, 1.807) is 24.3 Å². The van der Waals surface area contributed by atoms with Gasteiger partial charge in [-0.15, -0.1) is 0 Å². The van der Waals surface area contributed by atoms with E-state index in [1.807, 2.05) is 30.3 Å². The molecule has 142 valence electrons. The van der Waals surface area contributed by atoms with E-state index in [4.69, 9.17) is 5.11 Å². The van der Waals surface area contributed by atoms with E-state index in [1.165, 1.54) is 0 Å². The van der Waals surface area contributed by atoms with Crippen LogP contribution in [-0.4, -0.2) is 29.4 Å². The predicted molar refractivity (Wildman–Crippen MR) is 104 cm³/mol. The molecule has 1 unspecified atom stereocenters. The van der Waals surface area contributed by atoms with Gasteiger partial charge in [0.2, 0.25) is 5.91 Å². The number of hydrogen-bond donors (Lipinski definition) is 3. The van der Waals surface area contributed by atoms with E-state index in [2.05, 4.69) is 17.6 Å². The molecular formula is C21H24N2O4. The fourth-order valence-corrected chi connectivity index (χ4v) is 2.75. The maximum atomic E-state index is 12.3. The zero-order valence-corrected chi connectivity index (χ0v) is 15.3. The number of amides is 2. The Morgan fingerprint density at radius 3 is 2.26 bits per heavy atom. The minimum atomic E-state index is -0.964. The van der Waals surface area contributed by atoms with Gasteiger partial charge in [0.15, 0.2) is 0 Å². The molecule has 0 fully saturated rings. The largest absolute Gasteiger partial charge is 0.481 e. The summed E-state index contributed by atoms with van der Waals surface area (Å²) in [7, 11) is 0. The lowest BCUT2D eigenvalue weighted by Gasteiger charge is -2.15. The Bertz CT molecular complexity index is 773. The molecule has 0 spiro atoms. The summed E-state index contributed by atoms with van der Waals surface area (Å²) in [5.41, 5.74) is 2.17. The van der Waals surface area contributed by atoms with Gasteiger partial charge in [-0.1, -0.05) is 37.3 Å². The number of carbonyl (C=O) groups is 3. The van der Waals surface area contributed by atoms with Crippen molar-refractivity contribution < 1.29 is 19.5 Å². The fourth-order valence-electron chi connectivity index (χ4n) is 2.75. The summed E-state index contributed by atoms with van der Waals surface area (Å²) in [5.74, 6) is -1.23. The van der Waals surface area contributed by atoms with Crippen LogP contribution in [0.5, 0.6) is 0 Å². The van der Waals surface area contributed by atoms with Crippen LogP contribution >= 0.6 is 0 Å². The van der Waals surface area contributed by atoms with Crippen molar-refractivity contribution in [3.63, 3.8) is 0 Å². The highest BCUT2D eigenvalue weighted by molar-refractivity contribution is 5.96. The monoisotopic (exact) mass is 368 g/mol. The molecule has 0 aliphatic carbocycles. The maximum absolute atomic E-state index is 12.3. The Morgan fingerprint density at radius 1 is 1.00 bits per heavy atom. The minimum Gasteiger partial charge on any atom is -0.481 e. The molecule has 2 aromatic carbocycles. The summed E-state index contributed by atoms with van der Waals surface area (Å²) in [6.07, 6.45) is 1.13. The van der Waals surface area contributed by atoms with Crippen molar-refractivity contribution >= 4 is 23.5 Å². The zero-order chi connectivity index (χ0) is 19.6. The summed E-state index contributed by atoms with van der Waals surface area (Å²) in [6, 6.07) is 16.5. The third-order valence-corrected chi connectivity index (χ3v) is 4.25. The summed E-state index contributed by atoms with van der Waals surface area (Å²) >= 11 is 0. The average molecular weight is 368 g/mol. The van der Waals surface area contributed by atoms with Crippen LogP contribution in [0.3, 0.4) is 0 Å². The molecule has 0 saturated carbocycles. The molecule has 0 bridgehead atoms. The Balaban J connectivity index is 1.88. The van der Waals surface area contributed by atoms with Gasteiger partial charge in [-0.05, 0) is 42.2 Å². The van der Waals surface area contributed by atoms with Crippen LogP contribution in [0.1, 0.15) is 48.0 Å². The smallest absolute Gasteiger partial charge is 0.305 e. The van der Waals surface area contributed by atoms with Crippen LogP contribution in [0, 0.1) is 0 Å². The summed E-state index contributed by atoms with van der Waals surface area (Å²) in [4.78, 5) is 34.7. The molecule has 27 heavy (non-hydrogen) atoms. The lowest BCUT2D eigenvalue weighted by Crippen LogP contribution is -2.25. The van der Waals surface area contributed by atoms with Crippen molar-refractivity contribution in [3.8, 4) is 0 Å². The van der Waals surface area contributed by atoms with E-state index in [-0.39, 0.29) is 30.7 Å². The second-order valence-electron chi connectivity index (χ2n) is 6.25. The number of anilines is 1. The van der Waals surface area contributed by atoms with Crippen LogP contribution in [0.4, 0.5) is 5.69 Å². The van der Waals surface area contributed by atoms with Gasteiger partial charge in [-0.3, -0.25) is 14.4 Å². The molecule has 1 atom stereocenters. The third kappa shape index (κ3) is 6.58. The van der Waals surface area contributed by atoms with Crippen molar-refractivity contribution in [2.75, 3.05) is 11.9 Å². The average Bonchev–Trinajstić information content (AvgIpc) is 2.67. The first-order valence-corrected chi connectivity index (χ1v) is 8.94. The molecular weight excluding hydrogens is 344 g/mol. The first-order chi connectivity index (χ1) is 13.0. The molecule has 0 aliphatic heterocycles. The third-order valence-electron chi connectivity index (χ3n) is 4.25. The maximum Gasteiger partial charge on any atom is 0.305 e. The first-order valence-electron chi connectivity index (χ1n) is 8.94. The number of aliphatic carboxylic acids is 1. The molecule has 2 rings (SSSR count). The molecule has 0 radical (unpaired) electrons. The molecule has 6 heteroatoms. The second kappa shape index (κ2) is 10.1. The van der Waals surface area contributed by atoms with Gasteiger partial charge in [0.25, 0.3) is 5.91 Å². The van der Waals surface area contributed by atoms with Crippen molar-refractivity contribution in [3.05, 3.63) is 65.7 Å². The first kappa shape index (κ1) is 20.2. The molecule has 0 saturated heterocycles. The highest BCUT2D eigenvalue weighted by Crippen LogP contribution is 2.23. The summed E-state index contributed by atoms with van der Waals surface area (Å²) in [6.45, 7) is 2.13. The van der Waals surface area contributed by atoms with Crippen LogP contribution in [0.25, 0.3) is 0 Å². The van der Waals surface area contributed by atoms with E-state index >= 15 is 0 Å². The lowest BCUT2D eigenvalue weighted by atomic mass is 9.93. The van der Waals surface area contributed by atoms with Crippen molar-refractivity contribution in [2.24, 2.45) is 0 Å². The van der Waals surface area contributed by atoms with Crippen LogP contribution in [0.2, 0.25) is 0 Å². The molecule has 6 nitrogen and oxygen atoms in total. The van der Waals surface area contributed by atoms with Gasteiger partial charge in [-0.2, -0.15) is 0 Å². The SMILES string of the molecule is CCC(CC(=O)Nc1ccc(C(=O)NCCC(=O)O)cc1)c1ccccc1. The molecule has 2 aromatic rings. The van der Waals surface area contributed by atoms with Gasteiger partial charge in [0.1, 0.15) is 0 Å². The number of benzene rings is 2. The minimum absolute atomic E-state index is 0.0740. The topological polar surface area (TPSA) is 95.5 Å². The molecule has 0 aliphatic rings. The Morgan fingerprint density at radius 2 is 1.67 bits per heavy atom. The Hall–Kier alpha value is -3.15. The number of carboxylic acids is 1. The van der Waals surface area contributed by atoms with Crippen molar-refractivity contribution in [2.45, 2.75) is 32.1 Å². The van der Waals surface area contributed by atoms with Gasteiger partial charge in [0.05, 0.1) is 6.42 Å². The molecule has 0 aromatic heterocycles. The van der Waals surface area contributed by atoms with Crippen molar-refractivity contribution in [1.29, 1.82) is 0 Å². The van der Waals surface area contributed by atoms with Gasteiger partial charge in [0, 0.05) is 24.2 Å². The Labute approximate surface area is 158 Å². The second-order valence-corrected chi connectivity index (χ2v) is 6.25. The van der Waals surface area contributed by atoms with Crippen LogP contribution in [0.15, 0.2) is 54.6 Å². The normalized spacial score (nSPS) is 11.4. The van der Waals surface area contributed by atoms with Gasteiger partial charge in [-0.25, -0.2) is 0 Å².